The second-order valence-corrected chi connectivity index (χ2v) is 9.04. The molecule has 28 heavy (non-hydrogen) atoms. The molecule has 0 unspecified atom stereocenters. The first-order valence-electron chi connectivity index (χ1n) is 9.16. The van der Waals surface area contributed by atoms with E-state index in [-0.39, 0.29) is 39.9 Å². The summed E-state index contributed by atoms with van der Waals surface area (Å²) in [5.41, 5.74) is 0.557. The molecule has 0 atom stereocenters. The van der Waals surface area contributed by atoms with Crippen molar-refractivity contribution in [2.75, 3.05) is 13.1 Å². The molecule has 1 fully saturated rings. The van der Waals surface area contributed by atoms with Crippen molar-refractivity contribution >= 4 is 33.2 Å². The number of halogens is 1. The minimum Gasteiger partial charge on any atom is -0.294 e. The van der Waals surface area contributed by atoms with Crippen LogP contribution in [-0.2, 0) is 10.0 Å². The van der Waals surface area contributed by atoms with Gasteiger partial charge in [-0.3, -0.25) is 14.6 Å². The molecule has 0 spiro atoms. The summed E-state index contributed by atoms with van der Waals surface area (Å²) in [5, 5.41) is 0.177. The average Bonchev–Trinajstić information content (AvgIpc) is 2.73. The van der Waals surface area contributed by atoms with Gasteiger partial charge in [-0.25, -0.2) is 8.42 Å². The van der Waals surface area contributed by atoms with E-state index in [0.29, 0.717) is 18.7 Å². The first kappa shape index (κ1) is 20.6. The number of hydrogen-bond donors (Lipinski definition) is 0. The van der Waals surface area contributed by atoms with Crippen molar-refractivity contribution in [3.63, 3.8) is 0 Å². The largest absolute Gasteiger partial charge is 0.294 e. The summed E-state index contributed by atoms with van der Waals surface area (Å²) in [4.78, 5) is 28.7. The normalized spacial score (nSPS) is 15.3. The van der Waals surface area contributed by atoms with E-state index in [2.05, 4.69) is 4.98 Å². The lowest BCUT2D eigenvalue weighted by Crippen LogP contribution is -2.35. The van der Waals surface area contributed by atoms with Crippen molar-refractivity contribution in [1.82, 2.24) is 9.29 Å². The third-order valence-corrected chi connectivity index (χ3v) is 6.98. The molecule has 1 aromatic carbocycles. The Morgan fingerprint density at radius 1 is 1.04 bits per heavy atom. The van der Waals surface area contributed by atoms with Crippen LogP contribution in [0.25, 0.3) is 0 Å². The maximum atomic E-state index is 12.8. The van der Waals surface area contributed by atoms with Gasteiger partial charge in [0.2, 0.25) is 10.0 Å². The number of piperidine rings is 1. The van der Waals surface area contributed by atoms with Gasteiger partial charge in [0.25, 0.3) is 0 Å². The molecular formula is C20H21ClN2O4S. The number of rotatable bonds is 7. The molecule has 0 amide bonds. The zero-order valence-electron chi connectivity index (χ0n) is 15.3. The highest BCUT2D eigenvalue weighted by molar-refractivity contribution is 7.89. The van der Waals surface area contributed by atoms with E-state index in [1.807, 2.05) is 0 Å². The van der Waals surface area contributed by atoms with Crippen molar-refractivity contribution in [3.05, 3.63) is 58.9 Å². The minimum absolute atomic E-state index is 0.00393. The summed E-state index contributed by atoms with van der Waals surface area (Å²) in [6, 6.07) is 7.46. The van der Waals surface area contributed by atoms with Crippen LogP contribution in [-0.4, -0.2) is 42.4 Å². The molecule has 0 aliphatic carbocycles. The summed E-state index contributed by atoms with van der Waals surface area (Å²) in [6.07, 6.45) is 5.64. The Labute approximate surface area is 169 Å². The Hall–Kier alpha value is -2.09. The predicted molar refractivity (Wildman–Crippen MR) is 106 cm³/mol. The summed E-state index contributed by atoms with van der Waals surface area (Å²) in [6.45, 7) is 0.960. The van der Waals surface area contributed by atoms with Gasteiger partial charge in [0.15, 0.2) is 11.6 Å². The lowest BCUT2D eigenvalue weighted by molar-refractivity contribution is 0.0917. The van der Waals surface area contributed by atoms with E-state index in [1.165, 1.54) is 28.7 Å². The molecule has 1 aromatic heterocycles. The van der Waals surface area contributed by atoms with Crippen LogP contribution < -0.4 is 0 Å². The number of hydrogen-bond acceptors (Lipinski definition) is 5. The monoisotopic (exact) mass is 420 g/mol. The van der Waals surface area contributed by atoms with Crippen molar-refractivity contribution < 1.29 is 18.0 Å². The van der Waals surface area contributed by atoms with E-state index in [9.17, 15) is 18.0 Å². The molecule has 1 aliphatic rings. The second kappa shape index (κ2) is 8.94. The summed E-state index contributed by atoms with van der Waals surface area (Å²) in [7, 11) is -3.66. The molecule has 0 bridgehead atoms. The first-order chi connectivity index (χ1) is 13.4. The van der Waals surface area contributed by atoms with Gasteiger partial charge in [-0.1, -0.05) is 18.0 Å². The summed E-state index contributed by atoms with van der Waals surface area (Å²) >= 11 is 6.14. The zero-order chi connectivity index (χ0) is 20.1. The SMILES string of the molecule is O=C(CCC(=O)c1cc(S(=O)(=O)N2CCCCC2)ccc1Cl)c1cccnc1. The van der Waals surface area contributed by atoms with Gasteiger partial charge in [0.05, 0.1) is 9.92 Å². The summed E-state index contributed by atoms with van der Waals surface area (Å²) < 4.78 is 27.1. The van der Waals surface area contributed by atoms with Crippen molar-refractivity contribution in [2.45, 2.75) is 37.0 Å². The van der Waals surface area contributed by atoms with Crippen LogP contribution in [0, 0.1) is 0 Å². The van der Waals surface area contributed by atoms with Crippen molar-refractivity contribution in [2.24, 2.45) is 0 Å². The smallest absolute Gasteiger partial charge is 0.243 e. The van der Waals surface area contributed by atoms with E-state index in [4.69, 9.17) is 11.6 Å². The average molecular weight is 421 g/mol. The van der Waals surface area contributed by atoms with Gasteiger partial charge >= 0.3 is 0 Å². The molecule has 1 saturated heterocycles. The van der Waals surface area contributed by atoms with Gasteiger partial charge < -0.3 is 0 Å². The van der Waals surface area contributed by atoms with E-state index >= 15 is 0 Å². The second-order valence-electron chi connectivity index (χ2n) is 6.69. The molecule has 8 heteroatoms. The predicted octanol–water partition coefficient (Wildman–Crippen LogP) is 3.76. The Kier molecular flexibility index (Phi) is 6.59. The molecule has 6 nitrogen and oxygen atoms in total. The molecule has 3 rings (SSSR count). The molecule has 0 radical (unpaired) electrons. The van der Waals surface area contributed by atoms with Crippen LogP contribution in [0.3, 0.4) is 0 Å². The Bertz CT molecular complexity index is 971. The van der Waals surface area contributed by atoms with Crippen LogP contribution >= 0.6 is 11.6 Å². The lowest BCUT2D eigenvalue weighted by atomic mass is 10.0. The number of ketones is 2. The number of aromatic nitrogens is 1. The number of carbonyl (C=O) groups excluding carboxylic acids is 2. The van der Waals surface area contributed by atoms with Crippen molar-refractivity contribution in [1.29, 1.82) is 0 Å². The van der Waals surface area contributed by atoms with Gasteiger partial charge in [0, 0.05) is 49.5 Å². The Morgan fingerprint density at radius 2 is 1.75 bits per heavy atom. The highest BCUT2D eigenvalue weighted by Crippen LogP contribution is 2.26. The lowest BCUT2D eigenvalue weighted by Gasteiger charge is -2.26. The number of pyridine rings is 1. The molecule has 0 N–H and O–H groups in total. The standard InChI is InChI=1S/C20H21ClN2O4S/c21-18-7-6-16(28(26,27)23-11-2-1-3-12-23)13-17(18)20(25)9-8-19(24)15-5-4-10-22-14-15/h4-7,10,13-14H,1-3,8-9,11-12H2. The molecule has 0 saturated carbocycles. The topological polar surface area (TPSA) is 84.4 Å². The Balaban J connectivity index is 1.75. The maximum absolute atomic E-state index is 12.8. The quantitative estimate of drug-likeness (QED) is 0.637. The molecule has 2 heterocycles. The maximum Gasteiger partial charge on any atom is 0.243 e. The van der Waals surface area contributed by atoms with E-state index < -0.39 is 10.0 Å². The van der Waals surface area contributed by atoms with Crippen LogP contribution in [0.5, 0.6) is 0 Å². The molecular weight excluding hydrogens is 400 g/mol. The molecule has 1 aliphatic heterocycles. The number of sulfonamides is 1. The van der Waals surface area contributed by atoms with E-state index in [0.717, 1.165) is 19.3 Å². The summed E-state index contributed by atoms with van der Waals surface area (Å²) in [5.74, 6) is -0.562. The van der Waals surface area contributed by atoms with Gasteiger partial charge in [-0.2, -0.15) is 4.31 Å². The van der Waals surface area contributed by atoms with E-state index in [1.54, 1.807) is 18.3 Å². The van der Waals surface area contributed by atoms with Crippen molar-refractivity contribution in [3.8, 4) is 0 Å². The van der Waals surface area contributed by atoms with Crippen LogP contribution in [0.1, 0.15) is 52.8 Å². The first-order valence-corrected chi connectivity index (χ1v) is 11.0. The highest BCUT2D eigenvalue weighted by atomic mass is 35.5. The van der Waals surface area contributed by atoms with Crippen LogP contribution in [0.4, 0.5) is 0 Å². The fourth-order valence-electron chi connectivity index (χ4n) is 3.17. The number of nitrogens with zero attached hydrogens (tertiary/aromatic N) is 2. The third kappa shape index (κ3) is 4.66. The van der Waals surface area contributed by atoms with Gasteiger partial charge in [0.1, 0.15) is 0 Å². The zero-order valence-corrected chi connectivity index (χ0v) is 16.9. The molecule has 148 valence electrons. The van der Waals surface area contributed by atoms with Gasteiger partial charge in [-0.15, -0.1) is 0 Å². The number of carbonyl (C=O) groups is 2. The number of Topliss-reactive ketones (excluding diaryl/α,β-unsaturated/α-hetero) is 2. The Morgan fingerprint density at radius 3 is 2.43 bits per heavy atom. The van der Waals surface area contributed by atoms with Crippen LogP contribution in [0.2, 0.25) is 5.02 Å². The fraction of sp³-hybridized carbons (Fsp3) is 0.350. The number of benzene rings is 1. The molecule has 2 aromatic rings. The third-order valence-electron chi connectivity index (χ3n) is 4.75. The minimum atomic E-state index is -3.66. The van der Waals surface area contributed by atoms with Gasteiger partial charge in [-0.05, 0) is 43.2 Å². The fourth-order valence-corrected chi connectivity index (χ4v) is 4.93. The highest BCUT2D eigenvalue weighted by Gasteiger charge is 2.27. The van der Waals surface area contributed by atoms with Crippen LogP contribution in [0.15, 0.2) is 47.6 Å².